The second-order valence-electron chi connectivity index (χ2n) is 5.07. The van der Waals surface area contributed by atoms with E-state index in [1.165, 1.54) is 14.2 Å². The van der Waals surface area contributed by atoms with Gasteiger partial charge >= 0.3 is 0 Å². The number of rotatable bonds is 7. The van der Waals surface area contributed by atoms with Crippen LogP contribution in [0.4, 0.5) is 0 Å². The Morgan fingerprint density at radius 1 is 1.00 bits per heavy atom. The molecule has 0 aliphatic rings. The van der Waals surface area contributed by atoms with Crippen molar-refractivity contribution in [3.63, 3.8) is 0 Å². The summed E-state index contributed by atoms with van der Waals surface area (Å²) in [7, 11) is 4.62. The molecule has 0 aromatic heterocycles. The molecule has 128 valence electrons. The van der Waals surface area contributed by atoms with Gasteiger partial charge in [-0.2, -0.15) is 0 Å². The zero-order valence-electron chi connectivity index (χ0n) is 13.9. The van der Waals surface area contributed by atoms with Crippen LogP contribution in [0.2, 0.25) is 0 Å². The highest BCUT2D eigenvalue weighted by Crippen LogP contribution is 2.27. The molecule has 0 heterocycles. The van der Waals surface area contributed by atoms with Gasteiger partial charge in [-0.25, -0.2) is 0 Å². The van der Waals surface area contributed by atoms with Crippen molar-refractivity contribution >= 4 is 5.91 Å². The Labute approximate surface area is 141 Å². The molecule has 0 spiro atoms. The second kappa shape index (κ2) is 8.21. The molecule has 6 nitrogen and oxygen atoms in total. The average Bonchev–Trinajstić information content (AvgIpc) is 2.65. The van der Waals surface area contributed by atoms with Crippen LogP contribution < -0.4 is 19.5 Å². The number of nitrogens with one attached hydrogen (secondary N) is 1. The first kappa shape index (κ1) is 17.6. The largest absolute Gasteiger partial charge is 0.497 e. The predicted molar refractivity (Wildman–Crippen MR) is 89.8 cm³/mol. The summed E-state index contributed by atoms with van der Waals surface area (Å²) in [6.07, 6.45) is -0.806. The second-order valence-corrected chi connectivity index (χ2v) is 5.07. The molecule has 0 fully saturated rings. The van der Waals surface area contributed by atoms with Crippen LogP contribution in [0, 0.1) is 0 Å². The van der Waals surface area contributed by atoms with E-state index in [1.807, 2.05) is 0 Å². The summed E-state index contributed by atoms with van der Waals surface area (Å²) in [5, 5.41) is 12.9. The van der Waals surface area contributed by atoms with E-state index in [1.54, 1.807) is 49.6 Å². The van der Waals surface area contributed by atoms with Crippen molar-refractivity contribution in [1.82, 2.24) is 5.32 Å². The van der Waals surface area contributed by atoms with Crippen molar-refractivity contribution in [1.29, 1.82) is 0 Å². The lowest BCUT2D eigenvalue weighted by Crippen LogP contribution is -2.28. The van der Waals surface area contributed by atoms with E-state index in [4.69, 9.17) is 14.2 Å². The van der Waals surface area contributed by atoms with E-state index >= 15 is 0 Å². The molecule has 0 aliphatic heterocycles. The first-order valence-electron chi connectivity index (χ1n) is 7.41. The van der Waals surface area contributed by atoms with Crippen molar-refractivity contribution in [2.75, 3.05) is 27.9 Å². The van der Waals surface area contributed by atoms with E-state index in [9.17, 15) is 9.90 Å². The van der Waals surface area contributed by atoms with E-state index < -0.39 is 6.10 Å². The molecule has 1 atom stereocenters. The van der Waals surface area contributed by atoms with Gasteiger partial charge in [-0.15, -0.1) is 0 Å². The van der Waals surface area contributed by atoms with E-state index in [-0.39, 0.29) is 12.5 Å². The molecular formula is C18H21NO5. The fraction of sp³-hybridized carbons (Fsp3) is 0.278. The number of aliphatic hydroxyl groups excluding tert-OH is 1. The number of ether oxygens (including phenoxy) is 3. The Hall–Kier alpha value is -2.73. The monoisotopic (exact) mass is 331 g/mol. The highest BCUT2D eigenvalue weighted by Gasteiger charge is 2.13. The fourth-order valence-corrected chi connectivity index (χ4v) is 2.21. The minimum absolute atomic E-state index is 0.0967. The van der Waals surface area contributed by atoms with Crippen LogP contribution in [0.3, 0.4) is 0 Å². The number of methoxy groups -OCH3 is 3. The topological polar surface area (TPSA) is 77.0 Å². The fourth-order valence-electron chi connectivity index (χ4n) is 2.21. The number of benzene rings is 2. The van der Waals surface area contributed by atoms with Crippen LogP contribution in [-0.4, -0.2) is 38.9 Å². The molecule has 1 unspecified atom stereocenters. The zero-order chi connectivity index (χ0) is 17.5. The van der Waals surface area contributed by atoms with Crippen molar-refractivity contribution in [3.8, 4) is 17.2 Å². The Bertz CT molecular complexity index is 684. The first-order chi connectivity index (χ1) is 11.6. The minimum atomic E-state index is -0.806. The number of carbonyl (C=O) groups is 1. The highest BCUT2D eigenvalue weighted by molar-refractivity contribution is 5.94. The third-order valence-electron chi connectivity index (χ3n) is 3.60. The van der Waals surface area contributed by atoms with E-state index in [0.717, 1.165) is 0 Å². The molecule has 2 aromatic carbocycles. The van der Waals surface area contributed by atoms with Gasteiger partial charge in [-0.05, 0) is 35.9 Å². The van der Waals surface area contributed by atoms with Gasteiger partial charge in [0.05, 0.1) is 27.4 Å². The SMILES string of the molecule is COc1ccc(C(O)CNC(=O)c2ccc(OC)c(OC)c2)cc1. The predicted octanol–water partition coefficient (Wildman–Crippen LogP) is 2.18. The molecule has 2 N–H and O–H groups in total. The Morgan fingerprint density at radius 3 is 2.25 bits per heavy atom. The lowest BCUT2D eigenvalue weighted by atomic mass is 10.1. The highest BCUT2D eigenvalue weighted by atomic mass is 16.5. The number of hydrogen-bond acceptors (Lipinski definition) is 5. The average molecular weight is 331 g/mol. The third-order valence-corrected chi connectivity index (χ3v) is 3.60. The van der Waals surface area contributed by atoms with Gasteiger partial charge < -0.3 is 24.6 Å². The molecule has 2 rings (SSSR count). The number of hydrogen-bond donors (Lipinski definition) is 2. The molecule has 24 heavy (non-hydrogen) atoms. The molecule has 0 saturated heterocycles. The van der Waals surface area contributed by atoms with Crippen LogP contribution in [0.15, 0.2) is 42.5 Å². The van der Waals surface area contributed by atoms with Gasteiger partial charge in [-0.1, -0.05) is 12.1 Å². The molecule has 1 amide bonds. The lowest BCUT2D eigenvalue weighted by Gasteiger charge is -2.14. The number of aliphatic hydroxyl groups is 1. The van der Waals surface area contributed by atoms with Crippen molar-refractivity contribution in [2.24, 2.45) is 0 Å². The Morgan fingerprint density at radius 2 is 1.67 bits per heavy atom. The Balaban J connectivity index is 1.99. The molecule has 0 bridgehead atoms. The maximum Gasteiger partial charge on any atom is 0.251 e. The van der Waals surface area contributed by atoms with Crippen LogP contribution in [0.1, 0.15) is 22.0 Å². The van der Waals surface area contributed by atoms with Crippen molar-refractivity contribution < 1.29 is 24.1 Å². The van der Waals surface area contributed by atoms with Gasteiger partial charge in [0.15, 0.2) is 11.5 Å². The maximum atomic E-state index is 12.2. The summed E-state index contributed by atoms with van der Waals surface area (Å²) in [5.74, 6) is 1.43. The van der Waals surface area contributed by atoms with Gasteiger partial charge in [-0.3, -0.25) is 4.79 Å². The standard InChI is InChI=1S/C18H21NO5/c1-22-14-7-4-12(5-8-14)15(20)11-19-18(21)13-6-9-16(23-2)17(10-13)24-3/h4-10,15,20H,11H2,1-3H3,(H,19,21). The molecule has 2 aromatic rings. The molecule has 0 saturated carbocycles. The van der Waals surface area contributed by atoms with Crippen LogP contribution in [0.5, 0.6) is 17.2 Å². The maximum absolute atomic E-state index is 12.2. The summed E-state index contributed by atoms with van der Waals surface area (Å²) >= 11 is 0. The van der Waals surface area contributed by atoms with Crippen molar-refractivity contribution in [3.05, 3.63) is 53.6 Å². The quantitative estimate of drug-likeness (QED) is 0.813. The number of carbonyl (C=O) groups excluding carboxylic acids is 1. The van der Waals surface area contributed by atoms with Crippen LogP contribution in [0.25, 0.3) is 0 Å². The lowest BCUT2D eigenvalue weighted by molar-refractivity contribution is 0.0916. The molecule has 0 radical (unpaired) electrons. The van der Waals surface area contributed by atoms with Crippen LogP contribution in [-0.2, 0) is 0 Å². The summed E-state index contributed by atoms with van der Waals surface area (Å²) in [6.45, 7) is 0.0967. The van der Waals surface area contributed by atoms with Crippen molar-refractivity contribution in [2.45, 2.75) is 6.10 Å². The minimum Gasteiger partial charge on any atom is -0.497 e. The van der Waals surface area contributed by atoms with E-state index in [2.05, 4.69) is 5.32 Å². The summed E-state index contributed by atoms with van der Waals surface area (Å²) in [6, 6.07) is 11.9. The summed E-state index contributed by atoms with van der Waals surface area (Å²) < 4.78 is 15.4. The molecule has 0 aliphatic carbocycles. The first-order valence-corrected chi connectivity index (χ1v) is 7.41. The van der Waals surface area contributed by atoms with Gasteiger partial charge in [0.25, 0.3) is 5.91 Å². The van der Waals surface area contributed by atoms with Gasteiger partial charge in [0, 0.05) is 12.1 Å². The van der Waals surface area contributed by atoms with E-state index in [0.29, 0.717) is 28.4 Å². The summed E-state index contributed by atoms with van der Waals surface area (Å²) in [5.41, 5.74) is 1.12. The zero-order valence-corrected chi connectivity index (χ0v) is 13.9. The summed E-state index contributed by atoms with van der Waals surface area (Å²) in [4.78, 5) is 12.2. The molecule has 6 heteroatoms. The van der Waals surface area contributed by atoms with Gasteiger partial charge in [0.2, 0.25) is 0 Å². The molecular weight excluding hydrogens is 310 g/mol. The normalized spacial score (nSPS) is 11.5. The third kappa shape index (κ3) is 4.17. The number of amides is 1. The van der Waals surface area contributed by atoms with Crippen LogP contribution >= 0.6 is 0 Å². The smallest absolute Gasteiger partial charge is 0.251 e. The Kier molecular flexibility index (Phi) is 6.03. The van der Waals surface area contributed by atoms with Gasteiger partial charge in [0.1, 0.15) is 5.75 Å².